The molecule has 2 N–H and O–H groups in total. The third-order valence-corrected chi connectivity index (χ3v) is 11.4. The summed E-state index contributed by atoms with van der Waals surface area (Å²) in [5.41, 5.74) is -5.17. The van der Waals surface area contributed by atoms with Crippen LogP contribution in [0.15, 0.2) is 23.3 Å². The molecule has 8 nitrogen and oxygen atoms in total. The van der Waals surface area contributed by atoms with E-state index in [1.165, 1.54) is 51.9 Å². The minimum Gasteiger partial charge on any atom is -0.458 e. The molecule has 4 aliphatic carbocycles. The van der Waals surface area contributed by atoms with Crippen LogP contribution in [0.2, 0.25) is 0 Å². The molecule has 44 heavy (non-hydrogen) atoms. The molecule has 0 saturated heterocycles. The number of Topliss-reactive ketones (excluding diaryl/α,β-unsaturated/α-hetero) is 1. The highest BCUT2D eigenvalue weighted by Gasteiger charge is 2.87. The van der Waals surface area contributed by atoms with E-state index in [1.807, 2.05) is 13.8 Å². The summed E-state index contributed by atoms with van der Waals surface area (Å²) >= 11 is 0. The zero-order valence-corrected chi connectivity index (χ0v) is 27.7. The van der Waals surface area contributed by atoms with Gasteiger partial charge in [0.05, 0.1) is 5.60 Å². The van der Waals surface area contributed by atoms with Gasteiger partial charge in [-0.05, 0) is 24.5 Å². The zero-order chi connectivity index (χ0) is 32.5. The molecule has 0 heterocycles. The van der Waals surface area contributed by atoms with E-state index >= 15 is 0 Å². The van der Waals surface area contributed by atoms with Crippen LogP contribution in [0.4, 0.5) is 0 Å². The molecule has 0 amide bonds. The third-order valence-electron chi connectivity index (χ3n) is 11.4. The molecular formula is C36H54O8. The van der Waals surface area contributed by atoms with Crippen molar-refractivity contribution in [3.63, 3.8) is 0 Å². The Labute approximate surface area is 263 Å². The Morgan fingerprint density at radius 2 is 1.55 bits per heavy atom. The van der Waals surface area contributed by atoms with Gasteiger partial charge in [0.2, 0.25) is 0 Å². The highest BCUT2D eigenvalue weighted by atomic mass is 16.6. The van der Waals surface area contributed by atoms with Crippen LogP contribution in [0, 0.1) is 29.1 Å². The first kappa shape index (κ1) is 34.6. The molecule has 0 aromatic carbocycles. The van der Waals surface area contributed by atoms with Gasteiger partial charge in [0.25, 0.3) is 0 Å². The summed E-state index contributed by atoms with van der Waals surface area (Å²) in [5.74, 6) is -4.58. The highest BCUT2D eigenvalue weighted by Crippen LogP contribution is 2.77. The normalized spacial score (nSPS) is 36.6. The number of rotatable bonds is 15. The van der Waals surface area contributed by atoms with Crippen molar-refractivity contribution in [2.45, 2.75) is 148 Å². The van der Waals surface area contributed by atoms with Crippen LogP contribution in [0.25, 0.3) is 0 Å². The molecule has 4 rings (SSSR count). The lowest BCUT2D eigenvalue weighted by molar-refractivity contribution is -0.228. The van der Waals surface area contributed by atoms with Crippen molar-refractivity contribution >= 4 is 24.0 Å². The Hall–Kier alpha value is -2.32. The van der Waals surface area contributed by atoms with Crippen molar-refractivity contribution in [3.8, 4) is 0 Å². The van der Waals surface area contributed by atoms with Gasteiger partial charge in [-0.3, -0.25) is 19.2 Å². The molecule has 0 aromatic heterocycles. The fourth-order valence-electron chi connectivity index (χ4n) is 9.11. The van der Waals surface area contributed by atoms with E-state index in [0.717, 1.165) is 19.3 Å². The van der Waals surface area contributed by atoms with E-state index in [-0.39, 0.29) is 18.4 Å². The number of carbonyl (C=O) groups is 4. The molecule has 8 atom stereocenters. The minimum absolute atomic E-state index is 0.212. The molecule has 8 heteroatoms. The summed E-state index contributed by atoms with van der Waals surface area (Å²) in [6, 6.07) is 0. The Kier molecular flexibility index (Phi) is 10.4. The maximum Gasteiger partial charge on any atom is 0.306 e. The van der Waals surface area contributed by atoms with Gasteiger partial charge in [-0.2, -0.15) is 0 Å². The quantitative estimate of drug-likeness (QED) is 0.131. The minimum atomic E-state index is -2.00. The van der Waals surface area contributed by atoms with Crippen LogP contribution in [0.1, 0.15) is 125 Å². The first-order valence-electron chi connectivity index (χ1n) is 17.0. The molecule has 246 valence electrons. The number of unbranched alkanes of at least 4 members (excludes halogenated alkanes) is 10. The van der Waals surface area contributed by atoms with Crippen molar-refractivity contribution in [1.29, 1.82) is 0 Å². The van der Waals surface area contributed by atoms with Gasteiger partial charge in [-0.1, -0.05) is 104 Å². The molecule has 0 radical (unpaired) electrons. The summed E-state index contributed by atoms with van der Waals surface area (Å²) in [4.78, 5) is 51.2. The molecule has 0 spiro atoms. The van der Waals surface area contributed by atoms with E-state index in [1.54, 1.807) is 26.0 Å². The maximum absolute atomic E-state index is 13.3. The summed E-state index contributed by atoms with van der Waals surface area (Å²) in [5, 5.41) is 24.5. The fourth-order valence-corrected chi connectivity index (χ4v) is 9.11. The van der Waals surface area contributed by atoms with Crippen LogP contribution >= 0.6 is 0 Å². The number of esters is 2. The van der Waals surface area contributed by atoms with Crippen LogP contribution in [-0.4, -0.2) is 57.1 Å². The van der Waals surface area contributed by atoms with Gasteiger partial charge in [0.15, 0.2) is 11.4 Å². The van der Waals surface area contributed by atoms with Crippen molar-refractivity contribution in [2.75, 3.05) is 0 Å². The SMILES string of the molecule is CCCCCCCCCCCCCC(=O)O[C@H]1[C@H](C)[C@]2(O)[C@H](C=C(C=O)C[C@@]3(O)C(=O)C(C)=C[C@H]23)[C@H]2C(C)(C)[C@@]12OC(C)=O. The topological polar surface area (TPSA) is 127 Å². The van der Waals surface area contributed by atoms with Crippen molar-refractivity contribution < 1.29 is 38.9 Å². The van der Waals surface area contributed by atoms with Crippen molar-refractivity contribution in [3.05, 3.63) is 23.3 Å². The molecule has 0 aliphatic heterocycles. The second-order valence-electron chi connectivity index (χ2n) is 14.6. The summed E-state index contributed by atoms with van der Waals surface area (Å²) in [6.45, 7) is 10.7. The summed E-state index contributed by atoms with van der Waals surface area (Å²) in [7, 11) is 0. The van der Waals surface area contributed by atoms with E-state index < -0.39 is 69.7 Å². The second-order valence-corrected chi connectivity index (χ2v) is 14.6. The molecule has 2 saturated carbocycles. The average Bonchev–Trinajstić information content (AvgIpc) is 3.38. The zero-order valence-electron chi connectivity index (χ0n) is 27.7. The molecule has 2 fully saturated rings. The van der Waals surface area contributed by atoms with Gasteiger partial charge >= 0.3 is 11.9 Å². The first-order chi connectivity index (χ1) is 20.7. The summed E-state index contributed by atoms with van der Waals surface area (Å²) in [6.07, 6.45) is 15.6. The molecular weight excluding hydrogens is 560 g/mol. The number of hydrogen-bond donors (Lipinski definition) is 2. The van der Waals surface area contributed by atoms with Gasteiger partial charge in [0, 0.05) is 48.9 Å². The Morgan fingerprint density at radius 1 is 0.977 bits per heavy atom. The van der Waals surface area contributed by atoms with E-state index in [9.17, 15) is 29.4 Å². The Bertz CT molecular complexity index is 1180. The van der Waals surface area contributed by atoms with Crippen LogP contribution in [0.5, 0.6) is 0 Å². The third kappa shape index (κ3) is 5.74. The standard InChI is InChI=1S/C36H54O8/c1-7-8-9-10-11-12-13-14-15-16-17-18-29(39)43-32-24(3)35(42)27(30-33(5,6)36(30,32)44-25(4)38)20-26(22-37)21-34(41)28(35)19-23(2)31(34)40/h19-20,22,24,27-28,30,32,41-42H,7-18,21H2,1-6H3/t24-,27+,28-,30-,32-,34-,35-,36-/m0/s1. The van der Waals surface area contributed by atoms with Crippen LogP contribution in [-0.2, 0) is 28.7 Å². The predicted molar refractivity (Wildman–Crippen MR) is 166 cm³/mol. The number of ether oxygens (including phenoxy) is 2. The number of aldehydes is 1. The molecule has 0 unspecified atom stereocenters. The summed E-state index contributed by atoms with van der Waals surface area (Å²) < 4.78 is 12.2. The molecule has 0 aromatic rings. The second kappa shape index (κ2) is 13.2. The van der Waals surface area contributed by atoms with Gasteiger partial charge in [-0.25, -0.2) is 0 Å². The molecule has 0 bridgehead atoms. The highest BCUT2D eigenvalue weighted by molar-refractivity contribution is 6.05. The number of ketones is 1. The van der Waals surface area contributed by atoms with Gasteiger partial charge in [0.1, 0.15) is 18.0 Å². The number of hydrogen-bond acceptors (Lipinski definition) is 8. The number of carbonyl (C=O) groups excluding carboxylic acids is 4. The van der Waals surface area contributed by atoms with E-state index in [4.69, 9.17) is 9.47 Å². The van der Waals surface area contributed by atoms with Crippen LogP contribution in [0.3, 0.4) is 0 Å². The Balaban J connectivity index is 1.51. The Morgan fingerprint density at radius 3 is 2.09 bits per heavy atom. The fraction of sp³-hybridized carbons (Fsp3) is 0.778. The monoisotopic (exact) mass is 614 g/mol. The maximum atomic E-state index is 13.3. The average molecular weight is 615 g/mol. The number of fused-ring (bicyclic) bond motifs is 5. The van der Waals surface area contributed by atoms with E-state index in [2.05, 4.69) is 6.92 Å². The lowest BCUT2D eigenvalue weighted by atomic mass is 9.59. The van der Waals surface area contributed by atoms with Gasteiger partial charge < -0.3 is 19.7 Å². The van der Waals surface area contributed by atoms with Crippen molar-refractivity contribution in [1.82, 2.24) is 0 Å². The predicted octanol–water partition coefficient (Wildman–Crippen LogP) is 5.96. The smallest absolute Gasteiger partial charge is 0.306 e. The lowest BCUT2D eigenvalue weighted by Crippen LogP contribution is -2.66. The largest absolute Gasteiger partial charge is 0.458 e. The first-order valence-corrected chi connectivity index (χ1v) is 17.0. The van der Waals surface area contributed by atoms with Crippen molar-refractivity contribution in [2.24, 2.45) is 29.1 Å². The molecule has 4 aliphatic rings. The number of aliphatic hydroxyl groups is 2. The van der Waals surface area contributed by atoms with Crippen LogP contribution < -0.4 is 0 Å². The van der Waals surface area contributed by atoms with E-state index in [0.29, 0.717) is 18.3 Å². The lowest BCUT2D eigenvalue weighted by Gasteiger charge is -2.53. The van der Waals surface area contributed by atoms with Gasteiger partial charge in [-0.15, -0.1) is 0 Å².